The molecule has 0 aliphatic rings. The van der Waals surface area contributed by atoms with Gasteiger partial charge < -0.3 is 10.1 Å². The molecule has 0 fully saturated rings. The molecule has 1 heterocycles. The van der Waals surface area contributed by atoms with Crippen LogP contribution in [0.25, 0.3) is 10.6 Å². The minimum absolute atomic E-state index is 0.345. The number of nitrogens with zero attached hydrogens (tertiary/aromatic N) is 1. The Morgan fingerprint density at radius 2 is 2.26 bits per heavy atom. The minimum atomic E-state index is 0.345. The summed E-state index contributed by atoms with van der Waals surface area (Å²) in [5.41, 5.74) is 1.10. The molecule has 1 aromatic carbocycles. The summed E-state index contributed by atoms with van der Waals surface area (Å²) in [4.78, 5) is 5.76. The van der Waals surface area contributed by atoms with Crippen LogP contribution in [0.5, 0.6) is 5.75 Å². The van der Waals surface area contributed by atoms with Crippen LogP contribution in [0.1, 0.15) is 24.8 Å². The highest BCUT2D eigenvalue weighted by Gasteiger charge is 2.11. The van der Waals surface area contributed by atoms with E-state index in [1.807, 2.05) is 24.4 Å². The standard InChI is InChI=1S/C14H17BrN2OS/c1-4-16-9(2)13-8-17-14(19-13)10-5-6-12(18-3)11(15)7-10/h5-9,16H,4H2,1-3H3. The highest BCUT2D eigenvalue weighted by molar-refractivity contribution is 9.10. The van der Waals surface area contributed by atoms with E-state index >= 15 is 0 Å². The van der Waals surface area contributed by atoms with E-state index in [-0.39, 0.29) is 0 Å². The Morgan fingerprint density at radius 3 is 2.89 bits per heavy atom. The van der Waals surface area contributed by atoms with Gasteiger partial charge in [0.2, 0.25) is 0 Å². The number of benzene rings is 1. The van der Waals surface area contributed by atoms with Gasteiger partial charge >= 0.3 is 0 Å². The maximum absolute atomic E-state index is 5.24. The van der Waals surface area contributed by atoms with Gasteiger partial charge in [0.05, 0.1) is 11.6 Å². The molecule has 19 heavy (non-hydrogen) atoms. The first-order valence-electron chi connectivity index (χ1n) is 6.18. The molecule has 1 N–H and O–H groups in total. The second kappa shape index (κ2) is 6.50. The van der Waals surface area contributed by atoms with Crippen LogP contribution < -0.4 is 10.1 Å². The van der Waals surface area contributed by atoms with Gasteiger partial charge in [-0.1, -0.05) is 6.92 Å². The van der Waals surface area contributed by atoms with Crippen molar-refractivity contribution >= 4 is 27.3 Å². The van der Waals surface area contributed by atoms with Crippen LogP contribution in [0.4, 0.5) is 0 Å². The summed E-state index contributed by atoms with van der Waals surface area (Å²) in [7, 11) is 1.67. The number of rotatable bonds is 5. The van der Waals surface area contributed by atoms with E-state index in [0.717, 1.165) is 27.3 Å². The van der Waals surface area contributed by atoms with Crippen LogP contribution in [-0.4, -0.2) is 18.6 Å². The third-order valence-electron chi connectivity index (χ3n) is 2.86. The van der Waals surface area contributed by atoms with E-state index in [9.17, 15) is 0 Å². The fraction of sp³-hybridized carbons (Fsp3) is 0.357. The van der Waals surface area contributed by atoms with Crippen LogP contribution >= 0.6 is 27.3 Å². The van der Waals surface area contributed by atoms with Crippen molar-refractivity contribution in [2.24, 2.45) is 0 Å². The molecule has 0 saturated heterocycles. The van der Waals surface area contributed by atoms with Crippen molar-refractivity contribution in [3.05, 3.63) is 33.7 Å². The molecule has 5 heteroatoms. The molecule has 1 atom stereocenters. The molecule has 0 aliphatic heterocycles. The van der Waals surface area contributed by atoms with Gasteiger partial charge in [-0.25, -0.2) is 4.98 Å². The zero-order chi connectivity index (χ0) is 13.8. The zero-order valence-corrected chi connectivity index (χ0v) is 13.6. The second-order valence-corrected chi connectivity index (χ2v) is 6.11. The number of aromatic nitrogens is 1. The van der Waals surface area contributed by atoms with Gasteiger partial charge in [-0.2, -0.15) is 0 Å². The van der Waals surface area contributed by atoms with Crippen molar-refractivity contribution in [2.45, 2.75) is 19.9 Å². The largest absolute Gasteiger partial charge is 0.496 e. The lowest BCUT2D eigenvalue weighted by Gasteiger charge is -2.08. The van der Waals surface area contributed by atoms with Gasteiger partial charge in [0.1, 0.15) is 10.8 Å². The topological polar surface area (TPSA) is 34.2 Å². The second-order valence-electron chi connectivity index (χ2n) is 4.20. The number of methoxy groups -OCH3 is 1. The molecule has 0 amide bonds. The molecule has 0 saturated carbocycles. The number of ether oxygens (including phenoxy) is 1. The molecule has 0 aliphatic carbocycles. The predicted octanol–water partition coefficient (Wildman–Crippen LogP) is 4.25. The molecule has 2 aromatic rings. The number of hydrogen-bond donors (Lipinski definition) is 1. The van der Waals surface area contributed by atoms with Gasteiger partial charge in [-0.15, -0.1) is 11.3 Å². The van der Waals surface area contributed by atoms with Crippen molar-refractivity contribution in [1.82, 2.24) is 10.3 Å². The molecule has 0 radical (unpaired) electrons. The molecular weight excluding hydrogens is 324 g/mol. The summed E-state index contributed by atoms with van der Waals surface area (Å²) in [5.74, 6) is 0.835. The van der Waals surface area contributed by atoms with Crippen LogP contribution in [0, 0.1) is 0 Å². The summed E-state index contributed by atoms with van der Waals surface area (Å²) in [6, 6.07) is 6.37. The molecule has 3 nitrogen and oxygen atoms in total. The third-order valence-corrected chi connectivity index (χ3v) is 4.71. The zero-order valence-electron chi connectivity index (χ0n) is 11.2. The lowest BCUT2D eigenvalue weighted by molar-refractivity contribution is 0.412. The Bertz CT molecular complexity index is 556. The van der Waals surface area contributed by atoms with Crippen molar-refractivity contribution in [2.75, 3.05) is 13.7 Å². The van der Waals surface area contributed by atoms with Crippen molar-refractivity contribution in [1.29, 1.82) is 0 Å². The fourth-order valence-electron chi connectivity index (χ4n) is 1.83. The Kier molecular flexibility index (Phi) is 4.96. The monoisotopic (exact) mass is 340 g/mol. The summed E-state index contributed by atoms with van der Waals surface area (Å²) >= 11 is 5.23. The smallest absolute Gasteiger partial charge is 0.133 e. The third kappa shape index (κ3) is 3.35. The maximum Gasteiger partial charge on any atom is 0.133 e. The predicted molar refractivity (Wildman–Crippen MR) is 83.9 cm³/mol. The average molecular weight is 341 g/mol. The molecule has 2 rings (SSSR count). The van der Waals surface area contributed by atoms with Crippen LogP contribution in [0.15, 0.2) is 28.9 Å². The number of nitrogens with one attached hydrogen (secondary N) is 1. The molecule has 0 bridgehead atoms. The summed E-state index contributed by atoms with van der Waals surface area (Å²) in [6.45, 7) is 5.23. The number of hydrogen-bond acceptors (Lipinski definition) is 4. The SMILES string of the molecule is CCNC(C)c1cnc(-c2ccc(OC)c(Br)c2)s1. The van der Waals surface area contributed by atoms with Gasteiger partial charge in [0.25, 0.3) is 0 Å². The summed E-state index contributed by atoms with van der Waals surface area (Å²) in [5, 5.41) is 4.43. The van der Waals surface area contributed by atoms with E-state index in [2.05, 4.69) is 40.1 Å². The van der Waals surface area contributed by atoms with Crippen molar-refractivity contribution < 1.29 is 4.74 Å². The van der Waals surface area contributed by atoms with Gasteiger partial charge in [0, 0.05) is 22.7 Å². The Labute approximate surface area is 126 Å². The molecule has 1 aromatic heterocycles. The van der Waals surface area contributed by atoms with Crippen molar-refractivity contribution in [3.8, 4) is 16.3 Å². The summed E-state index contributed by atoms with van der Waals surface area (Å²) in [6.07, 6.45) is 1.95. The van der Waals surface area contributed by atoms with Gasteiger partial charge in [-0.3, -0.25) is 0 Å². The average Bonchev–Trinajstić information content (AvgIpc) is 2.88. The van der Waals surface area contributed by atoms with Crippen LogP contribution in [-0.2, 0) is 0 Å². The van der Waals surface area contributed by atoms with Crippen LogP contribution in [0.2, 0.25) is 0 Å². The highest BCUT2D eigenvalue weighted by Crippen LogP contribution is 2.33. The van der Waals surface area contributed by atoms with Crippen LogP contribution in [0.3, 0.4) is 0 Å². The maximum atomic E-state index is 5.24. The fourth-order valence-corrected chi connectivity index (χ4v) is 3.31. The number of thiazole rings is 1. The van der Waals surface area contributed by atoms with Crippen molar-refractivity contribution in [3.63, 3.8) is 0 Å². The van der Waals surface area contributed by atoms with E-state index in [1.54, 1.807) is 18.4 Å². The van der Waals surface area contributed by atoms with Gasteiger partial charge in [0.15, 0.2) is 0 Å². The highest BCUT2D eigenvalue weighted by atomic mass is 79.9. The Hall–Kier alpha value is -0.910. The molecule has 0 spiro atoms. The summed E-state index contributed by atoms with van der Waals surface area (Å²) < 4.78 is 6.19. The first kappa shape index (κ1) is 14.5. The minimum Gasteiger partial charge on any atom is -0.496 e. The Morgan fingerprint density at radius 1 is 1.47 bits per heavy atom. The number of halogens is 1. The Balaban J connectivity index is 2.25. The van der Waals surface area contributed by atoms with E-state index in [1.165, 1.54) is 4.88 Å². The van der Waals surface area contributed by atoms with E-state index in [0.29, 0.717) is 6.04 Å². The first-order valence-corrected chi connectivity index (χ1v) is 7.79. The molecule has 1 unspecified atom stereocenters. The quantitative estimate of drug-likeness (QED) is 0.883. The first-order chi connectivity index (χ1) is 9.15. The molecular formula is C14H17BrN2OS. The lowest BCUT2D eigenvalue weighted by atomic mass is 10.2. The lowest BCUT2D eigenvalue weighted by Crippen LogP contribution is -2.16. The van der Waals surface area contributed by atoms with E-state index < -0.39 is 0 Å². The van der Waals surface area contributed by atoms with E-state index in [4.69, 9.17) is 4.74 Å². The molecule has 102 valence electrons. The van der Waals surface area contributed by atoms with Gasteiger partial charge in [-0.05, 0) is 47.6 Å². The normalized spacial score (nSPS) is 12.4.